The van der Waals surface area contributed by atoms with Gasteiger partial charge in [-0.25, -0.2) is 9.69 Å². The van der Waals surface area contributed by atoms with Crippen LogP contribution in [0.4, 0.5) is 10.5 Å². The van der Waals surface area contributed by atoms with Crippen molar-refractivity contribution in [3.05, 3.63) is 35.9 Å². The van der Waals surface area contributed by atoms with Crippen LogP contribution in [0.15, 0.2) is 30.4 Å². The van der Waals surface area contributed by atoms with Gasteiger partial charge in [0.05, 0.1) is 37.1 Å². The number of nitrogens with zero attached hydrogens (tertiary/aromatic N) is 1. The maximum absolute atomic E-state index is 14.4. The fraction of sp³-hybridized carbons (Fsp3) is 0.560. The van der Waals surface area contributed by atoms with E-state index < -0.39 is 42.2 Å². The highest BCUT2D eigenvalue weighted by molar-refractivity contribution is 7.54. The lowest BCUT2D eigenvalue weighted by Crippen LogP contribution is -2.56. The van der Waals surface area contributed by atoms with Crippen molar-refractivity contribution in [2.75, 3.05) is 25.2 Å². The van der Waals surface area contributed by atoms with Crippen molar-refractivity contribution < 1.29 is 37.5 Å². The van der Waals surface area contributed by atoms with Gasteiger partial charge in [-0.05, 0) is 64.8 Å². The van der Waals surface area contributed by atoms with Crippen molar-refractivity contribution in [3.63, 3.8) is 0 Å². The van der Waals surface area contributed by atoms with Gasteiger partial charge in [0, 0.05) is 12.3 Å². The Morgan fingerprint density at radius 2 is 1.89 bits per heavy atom. The minimum Gasteiger partial charge on any atom is -0.497 e. The Morgan fingerprint density at radius 3 is 2.43 bits per heavy atom. The molecule has 0 bridgehead atoms. The molecule has 0 aromatic heterocycles. The second kappa shape index (κ2) is 10.2. The molecule has 1 aromatic carbocycles. The Morgan fingerprint density at radius 1 is 1.23 bits per heavy atom. The molecular formula is C25H34NO8P. The smallest absolute Gasteiger partial charge is 0.421 e. The van der Waals surface area contributed by atoms with Crippen LogP contribution in [0.5, 0.6) is 5.75 Å². The van der Waals surface area contributed by atoms with Gasteiger partial charge in [-0.15, -0.1) is 0 Å². The monoisotopic (exact) mass is 507 g/mol. The summed E-state index contributed by atoms with van der Waals surface area (Å²) in [6.07, 6.45) is 3.58. The Kier molecular flexibility index (Phi) is 7.94. The van der Waals surface area contributed by atoms with E-state index in [0.717, 1.165) is 4.90 Å². The highest BCUT2D eigenvalue weighted by Crippen LogP contribution is 2.67. The van der Waals surface area contributed by atoms with E-state index >= 15 is 0 Å². The zero-order chi connectivity index (χ0) is 26.0. The van der Waals surface area contributed by atoms with E-state index in [4.69, 9.17) is 18.5 Å². The summed E-state index contributed by atoms with van der Waals surface area (Å²) in [5.74, 6) is -0.877. The highest BCUT2D eigenvalue weighted by Gasteiger charge is 2.66. The van der Waals surface area contributed by atoms with Gasteiger partial charge in [-0.1, -0.05) is 12.2 Å². The average Bonchev–Trinajstić information content (AvgIpc) is 3.02. The summed E-state index contributed by atoms with van der Waals surface area (Å²) in [6, 6.07) is 4.89. The number of allylic oxidation sites excluding steroid dienone is 2. The lowest BCUT2D eigenvalue weighted by atomic mass is 9.64. The van der Waals surface area contributed by atoms with E-state index in [1.807, 2.05) is 0 Å². The number of benzene rings is 1. The number of anilines is 1. The summed E-state index contributed by atoms with van der Waals surface area (Å²) in [7, 11) is -2.40. The molecule has 0 saturated carbocycles. The number of ether oxygens (including phenoxy) is 2. The maximum atomic E-state index is 14.4. The minimum absolute atomic E-state index is 0.0319. The third-order valence-corrected chi connectivity index (χ3v) is 8.83. The van der Waals surface area contributed by atoms with Crippen LogP contribution < -0.4 is 9.64 Å². The maximum Gasteiger partial charge on any atom is 0.421 e. The van der Waals surface area contributed by atoms with Gasteiger partial charge in [-0.2, -0.15) is 0 Å². The van der Waals surface area contributed by atoms with Crippen LogP contribution in [0, 0.1) is 5.92 Å². The first-order chi connectivity index (χ1) is 16.5. The van der Waals surface area contributed by atoms with Gasteiger partial charge < -0.3 is 23.3 Å². The van der Waals surface area contributed by atoms with E-state index in [9.17, 15) is 18.9 Å². The van der Waals surface area contributed by atoms with Crippen molar-refractivity contribution >= 4 is 31.6 Å². The van der Waals surface area contributed by atoms with Crippen molar-refractivity contribution in [2.24, 2.45) is 5.92 Å². The number of carbonyl (C=O) groups excluding carboxylic acids is 3. The molecule has 35 heavy (non-hydrogen) atoms. The fourth-order valence-electron chi connectivity index (χ4n) is 5.03. The molecule has 192 valence electrons. The van der Waals surface area contributed by atoms with Crippen LogP contribution in [0.1, 0.15) is 53.0 Å². The molecule has 1 heterocycles. The molecule has 3 atom stereocenters. The van der Waals surface area contributed by atoms with Crippen LogP contribution in [0.25, 0.3) is 0 Å². The molecule has 0 N–H and O–H groups in total. The largest absolute Gasteiger partial charge is 0.497 e. The lowest BCUT2D eigenvalue weighted by molar-refractivity contribution is -0.125. The molecule has 10 heteroatoms. The number of imide groups is 1. The first kappa shape index (κ1) is 27.1. The molecule has 2 amide bonds. The first-order valence-electron chi connectivity index (χ1n) is 11.7. The fourth-order valence-corrected chi connectivity index (χ4v) is 7.50. The second-order valence-corrected chi connectivity index (χ2v) is 11.7. The van der Waals surface area contributed by atoms with Crippen LogP contribution in [-0.2, 0) is 33.4 Å². The molecule has 3 rings (SSSR count). The van der Waals surface area contributed by atoms with Gasteiger partial charge in [0.15, 0.2) is 0 Å². The van der Waals surface area contributed by atoms with Crippen molar-refractivity contribution in [1.29, 1.82) is 0 Å². The first-order valence-corrected chi connectivity index (χ1v) is 13.4. The number of amides is 2. The summed E-state index contributed by atoms with van der Waals surface area (Å²) >= 11 is 0. The summed E-state index contributed by atoms with van der Waals surface area (Å²) < 4.78 is 36.6. The number of hydrogen-bond donors (Lipinski definition) is 0. The molecule has 2 aliphatic rings. The normalized spacial score (nSPS) is 23.9. The number of carbonyl (C=O) groups is 3. The zero-order valence-electron chi connectivity index (χ0n) is 21.1. The summed E-state index contributed by atoms with van der Waals surface area (Å²) in [5.41, 5.74) is -2.69. The van der Waals surface area contributed by atoms with Crippen LogP contribution in [-0.4, -0.2) is 49.9 Å². The van der Waals surface area contributed by atoms with E-state index in [2.05, 4.69) is 0 Å². The average molecular weight is 508 g/mol. The van der Waals surface area contributed by atoms with E-state index in [1.54, 1.807) is 65.0 Å². The third-order valence-electron chi connectivity index (χ3n) is 6.21. The molecule has 0 unspecified atom stereocenters. The van der Waals surface area contributed by atoms with Crippen molar-refractivity contribution in [1.82, 2.24) is 0 Å². The second-order valence-electron chi connectivity index (χ2n) is 9.44. The van der Waals surface area contributed by atoms with Gasteiger partial charge in [0.2, 0.25) is 5.91 Å². The Labute approximate surface area is 206 Å². The molecule has 0 radical (unpaired) electrons. The predicted octanol–water partition coefficient (Wildman–Crippen LogP) is 5.01. The highest BCUT2D eigenvalue weighted by atomic mass is 31.2. The van der Waals surface area contributed by atoms with Gasteiger partial charge in [0.1, 0.15) is 17.6 Å². The van der Waals surface area contributed by atoms with E-state index in [0.29, 0.717) is 23.3 Å². The molecule has 0 fully saturated rings. The predicted molar refractivity (Wildman–Crippen MR) is 131 cm³/mol. The molecule has 1 aliphatic heterocycles. The molecule has 0 saturated heterocycles. The van der Waals surface area contributed by atoms with E-state index in [-0.39, 0.29) is 26.1 Å². The SMILES string of the molecule is CCOP(=O)(OCC)[C@H]1CC=C[C@H](CC=O)[C@]12C(=O)N(C(=O)OC(C)(C)C)c1ccc(OC)cc12. The molecule has 1 aliphatic carbocycles. The molecule has 1 spiro atoms. The van der Waals surface area contributed by atoms with Gasteiger partial charge in [-0.3, -0.25) is 9.36 Å². The molecular weight excluding hydrogens is 473 g/mol. The van der Waals surface area contributed by atoms with Gasteiger partial charge >= 0.3 is 13.7 Å². The number of aldehydes is 1. The standard InChI is InChI=1S/C25H34NO8P/c1-7-32-35(30,33-8-2)21-11-9-10-17(14-15-27)25(21)19-16-18(31-6)12-13-20(19)26(22(25)28)23(29)34-24(3,4)5/h9-10,12-13,15-17,21H,7-8,11,14H2,1-6H3/t17-,21+,25-/m1/s1. The van der Waals surface area contributed by atoms with Crippen molar-refractivity contribution in [2.45, 2.75) is 64.1 Å². The van der Waals surface area contributed by atoms with Crippen LogP contribution in [0.3, 0.4) is 0 Å². The Bertz CT molecular complexity index is 1050. The third kappa shape index (κ3) is 4.69. The molecule has 1 aromatic rings. The molecule has 9 nitrogen and oxygen atoms in total. The van der Waals surface area contributed by atoms with E-state index in [1.165, 1.54) is 7.11 Å². The summed E-state index contributed by atoms with van der Waals surface area (Å²) in [6.45, 7) is 8.70. The number of hydrogen-bond acceptors (Lipinski definition) is 8. The summed E-state index contributed by atoms with van der Waals surface area (Å²) in [5, 5.41) is 0. The van der Waals surface area contributed by atoms with Crippen LogP contribution in [0.2, 0.25) is 0 Å². The Hall–Kier alpha value is -2.48. The zero-order valence-corrected chi connectivity index (χ0v) is 22.0. The van der Waals surface area contributed by atoms with Gasteiger partial charge in [0.25, 0.3) is 0 Å². The quantitative estimate of drug-likeness (QED) is 0.274. The Balaban J connectivity index is 2.35. The van der Waals surface area contributed by atoms with Crippen LogP contribution >= 0.6 is 7.60 Å². The minimum atomic E-state index is -3.89. The summed E-state index contributed by atoms with van der Waals surface area (Å²) in [4.78, 5) is 40.5. The number of rotatable bonds is 8. The van der Waals surface area contributed by atoms with Crippen molar-refractivity contribution in [3.8, 4) is 5.75 Å². The number of methoxy groups -OCH3 is 1. The topological polar surface area (TPSA) is 108 Å². The number of fused-ring (bicyclic) bond motifs is 2. The lowest BCUT2D eigenvalue weighted by Gasteiger charge is -2.45.